The van der Waals surface area contributed by atoms with Crippen molar-refractivity contribution in [3.05, 3.63) is 36.0 Å². The van der Waals surface area contributed by atoms with Gasteiger partial charge >= 0.3 is 0 Å². The van der Waals surface area contributed by atoms with Crippen molar-refractivity contribution in [1.82, 2.24) is 4.57 Å². The molecule has 1 aromatic carbocycles. The fourth-order valence-electron chi connectivity index (χ4n) is 1.95. The van der Waals surface area contributed by atoms with E-state index in [0.29, 0.717) is 13.1 Å². The highest BCUT2D eigenvalue weighted by atomic mass is 19.1. The molecule has 0 amide bonds. The van der Waals surface area contributed by atoms with Gasteiger partial charge in [-0.2, -0.15) is 0 Å². The second kappa shape index (κ2) is 4.45. The number of benzene rings is 1. The fourth-order valence-corrected chi connectivity index (χ4v) is 1.95. The Morgan fingerprint density at radius 3 is 2.80 bits per heavy atom. The van der Waals surface area contributed by atoms with Crippen LogP contribution < -0.4 is 5.73 Å². The number of para-hydroxylation sites is 1. The lowest BCUT2D eigenvalue weighted by Crippen LogP contribution is -2.02. The molecule has 0 bridgehead atoms. The van der Waals surface area contributed by atoms with Crippen LogP contribution in [-0.4, -0.2) is 17.8 Å². The summed E-state index contributed by atoms with van der Waals surface area (Å²) < 4.78 is 14.3. The number of aryl methyl sites for hydroxylation is 1. The molecule has 0 fully saturated rings. The molecule has 0 aliphatic heterocycles. The van der Waals surface area contributed by atoms with E-state index in [2.05, 4.69) is 6.07 Å². The SMILES string of the molecule is NCCc1cn(CCF)c2ccccc12. The number of nitrogens with two attached hydrogens (primary N) is 1. The Kier molecular flexibility index (Phi) is 3.02. The number of rotatable bonds is 4. The molecular weight excluding hydrogens is 191 g/mol. The maximum Gasteiger partial charge on any atom is 0.107 e. The number of alkyl halides is 1. The molecule has 0 aliphatic rings. The highest BCUT2D eigenvalue weighted by Crippen LogP contribution is 2.21. The van der Waals surface area contributed by atoms with Crippen molar-refractivity contribution in [3.8, 4) is 0 Å². The normalized spacial score (nSPS) is 11.1. The molecule has 0 saturated heterocycles. The van der Waals surface area contributed by atoms with Crippen LogP contribution in [0, 0.1) is 0 Å². The van der Waals surface area contributed by atoms with Crippen LogP contribution in [0.25, 0.3) is 10.9 Å². The third kappa shape index (κ3) is 1.88. The number of hydrogen-bond donors (Lipinski definition) is 1. The maximum absolute atomic E-state index is 12.4. The molecule has 3 heteroatoms. The van der Waals surface area contributed by atoms with Gasteiger partial charge < -0.3 is 10.3 Å². The van der Waals surface area contributed by atoms with Crippen molar-refractivity contribution in [2.45, 2.75) is 13.0 Å². The zero-order chi connectivity index (χ0) is 10.7. The summed E-state index contributed by atoms with van der Waals surface area (Å²) in [5.41, 5.74) is 7.86. The van der Waals surface area contributed by atoms with Gasteiger partial charge in [0.1, 0.15) is 6.67 Å². The minimum Gasteiger partial charge on any atom is -0.345 e. The molecule has 0 aliphatic carbocycles. The highest BCUT2D eigenvalue weighted by molar-refractivity contribution is 5.84. The first-order valence-electron chi connectivity index (χ1n) is 5.19. The van der Waals surface area contributed by atoms with Crippen LogP contribution in [-0.2, 0) is 13.0 Å². The Bertz CT molecular complexity index is 408. The van der Waals surface area contributed by atoms with Crippen molar-refractivity contribution in [1.29, 1.82) is 0 Å². The van der Waals surface area contributed by atoms with Gasteiger partial charge in [-0.05, 0) is 24.6 Å². The summed E-state index contributed by atoms with van der Waals surface area (Å²) in [6, 6.07) is 8.06. The van der Waals surface area contributed by atoms with Crippen LogP contribution in [0.1, 0.15) is 5.56 Å². The van der Waals surface area contributed by atoms with Crippen molar-refractivity contribution in [2.24, 2.45) is 5.73 Å². The van der Waals surface area contributed by atoms with Crippen molar-refractivity contribution >= 4 is 10.9 Å². The zero-order valence-corrected chi connectivity index (χ0v) is 8.62. The molecule has 15 heavy (non-hydrogen) atoms. The lowest BCUT2D eigenvalue weighted by atomic mass is 10.1. The van der Waals surface area contributed by atoms with Gasteiger partial charge in [0.25, 0.3) is 0 Å². The number of hydrogen-bond acceptors (Lipinski definition) is 1. The Labute approximate surface area is 88.5 Å². The van der Waals surface area contributed by atoms with Gasteiger partial charge in [-0.3, -0.25) is 0 Å². The second-order valence-electron chi connectivity index (χ2n) is 3.59. The first-order valence-corrected chi connectivity index (χ1v) is 5.19. The van der Waals surface area contributed by atoms with Crippen LogP contribution in [0.5, 0.6) is 0 Å². The molecule has 1 aromatic heterocycles. The van der Waals surface area contributed by atoms with Gasteiger partial charge in [0, 0.05) is 17.1 Å². The van der Waals surface area contributed by atoms with Gasteiger partial charge in [-0.1, -0.05) is 18.2 Å². The summed E-state index contributed by atoms with van der Waals surface area (Å²) in [5.74, 6) is 0. The van der Waals surface area contributed by atoms with E-state index in [4.69, 9.17) is 5.73 Å². The van der Waals surface area contributed by atoms with Gasteiger partial charge in [-0.25, -0.2) is 4.39 Å². The van der Waals surface area contributed by atoms with Crippen molar-refractivity contribution in [2.75, 3.05) is 13.2 Å². The summed E-state index contributed by atoms with van der Waals surface area (Å²) in [5, 5.41) is 1.19. The molecule has 0 radical (unpaired) electrons. The van der Waals surface area contributed by atoms with E-state index in [1.54, 1.807) is 0 Å². The summed E-state index contributed by atoms with van der Waals surface area (Å²) >= 11 is 0. The summed E-state index contributed by atoms with van der Waals surface area (Å²) in [6.07, 6.45) is 2.86. The molecule has 2 nitrogen and oxygen atoms in total. The molecule has 2 rings (SSSR count). The number of nitrogens with zero attached hydrogens (tertiary/aromatic N) is 1. The monoisotopic (exact) mass is 206 g/mol. The largest absolute Gasteiger partial charge is 0.345 e. The topological polar surface area (TPSA) is 30.9 Å². The van der Waals surface area contributed by atoms with E-state index in [9.17, 15) is 4.39 Å². The molecule has 0 atom stereocenters. The minimum atomic E-state index is -0.333. The van der Waals surface area contributed by atoms with Gasteiger partial charge in [0.15, 0.2) is 0 Å². The Balaban J connectivity index is 2.52. The number of aromatic nitrogens is 1. The summed E-state index contributed by atoms with van der Waals surface area (Å²) in [4.78, 5) is 0. The van der Waals surface area contributed by atoms with E-state index in [1.807, 2.05) is 29.0 Å². The molecule has 1 heterocycles. The van der Waals surface area contributed by atoms with Crippen molar-refractivity contribution in [3.63, 3.8) is 0 Å². The van der Waals surface area contributed by atoms with Crippen molar-refractivity contribution < 1.29 is 4.39 Å². The van der Waals surface area contributed by atoms with E-state index >= 15 is 0 Å². The lowest BCUT2D eigenvalue weighted by molar-refractivity contribution is 0.450. The second-order valence-corrected chi connectivity index (χ2v) is 3.59. The third-order valence-electron chi connectivity index (χ3n) is 2.61. The molecule has 2 aromatic rings. The van der Waals surface area contributed by atoms with E-state index in [1.165, 1.54) is 10.9 Å². The highest BCUT2D eigenvalue weighted by Gasteiger charge is 2.06. The zero-order valence-electron chi connectivity index (χ0n) is 8.62. The third-order valence-corrected chi connectivity index (χ3v) is 2.61. The molecule has 0 spiro atoms. The van der Waals surface area contributed by atoms with Crippen LogP contribution in [0.4, 0.5) is 4.39 Å². The molecular formula is C12H15FN2. The number of fused-ring (bicyclic) bond motifs is 1. The lowest BCUT2D eigenvalue weighted by Gasteiger charge is -1.99. The number of halogens is 1. The van der Waals surface area contributed by atoms with Crippen LogP contribution in [0.2, 0.25) is 0 Å². The molecule has 80 valence electrons. The van der Waals surface area contributed by atoms with Crippen LogP contribution >= 0.6 is 0 Å². The Morgan fingerprint density at radius 1 is 1.27 bits per heavy atom. The van der Waals surface area contributed by atoms with E-state index < -0.39 is 0 Å². The molecule has 2 N–H and O–H groups in total. The van der Waals surface area contributed by atoms with Gasteiger partial charge in [-0.15, -0.1) is 0 Å². The van der Waals surface area contributed by atoms with Crippen LogP contribution in [0.15, 0.2) is 30.5 Å². The standard InChI is InChI=1S/C12H15FN2/c13-6-8-15-9-10(5-7-14)11-3-1-2-4-12(11)15/h1-4,9H,5-8,14H2. The molecule has 0 saturated carbocycles. The quantitative estimate of drug-likeness (QED) is 0.816. The minimum absolute atomic E-state index is 0.333. The predicted octanol–water partition coefficient (Wildman–Crippen LogP) is 2.11. The summed E-state index contributed by atoms with van der Waals surface area (Å²) in [7, 11) is 0. The van der Waals surface area contributed by atoms with Crippen LogP contribution in [0.3, 0.4) is 0 Å². The first-order chi connectivity index (χ1) is 7.36. The fraction of sp³-hybridized carbons (Fsp3) is 0.333. The Morgan fingerprint density at radius 2 is 2.07 bits per heavy atom. The van der Waals surface area contributed by atoms with Gasteiger partial charge in [0.2, 0.25) is 0 Å². The van der Waals surface area contributed by atoms with Gasteiger partial charge in [0.05, 0.1) is 6.54 Å². The maximum atomic E-state index is 12.4. The Hall–Kier alpha value is -1.35. The van der Waals surface area contributed by atoms with E-state index in [0.717, 1.165) is 11.9 Å². The average Bonchev–Trinajstić information content (AvgIpc) is 2.59. The first kappa shape index (κ1) is 10.2. The average molecular weight is 206 g/mol. The molecule has 0 unspecified atom stereocenters. The summed E-state index contributed by atoms with van der Waals surface area (Å²) in [6.45, 7) is 0.718. The smallest absolute Gasteiger partial charge is 0.107 e. The predicted molar refractivity (Wildman–Crippen MR) is 60.7 cm³/mol. The van der Waals surface area contributed by atoms with E-state index in [-0.39, 0.29) is 6.67 Å².